The second kappa shape index (κ2) is 9.23. The number of ether oxygens (including phenoxy) is 1. The predicted molar refractivity (Wildman–Crippen MR) is 123 cm³/mol. The highest BCUT2D eigenvalue weighted by Crippen LogP contribution is 2.24. The van der Waals surface area contributed by atoms with Crippen LogP contribution in [-0.2, 0) is 11.2 Å². The molecule has 0 aliphatic rings. The fourth-order valence-electron chi connectivity index (χ4n) is 3.48. The van der Waals surface area contributed by atoms with Crippen molar-refractivity contribution in [2.24, 2.45) is 0 Å². The molecule has 0 saturated heterocycles. The van der Waals surface area contributed by atoms with Crippen LogP contribution in [-0.4, -0.2) is 30.6 Å². The molecule has 0 aliphatic heterocycles. The molecule has 0 atom stereocenters. The molecule has 0 aliphatic carbocycles. The van der Waals surface area contributed by atoms with Crippen molar-refractivity contribution in [3.05, 3.63) is 70.9 Å². The lowest BCUT2D eigenvalue weighted by Gasteiger charge is -2.10. The molecule has 0 fully saturated rings. The molecular formula is C24H26N6O3. The minimum atomic E-state index is -0.0780. The maximum Gasteiger partial charge on any atom is 0.224 e. The van der Waals surface area contributed by atoms with Gasteiger partial charge in [-0.15, -0.1) is 0 Å². The van der Waals surface area contributed by atoms with E-state index in [-0.39, 0.29) is 5.91 Å². The molecule has 4 rings (SSSR count). The zero-order valence-electron chi connectivity index (χ0n) is 19.3. The number of rotatable bonds is 7. The van der Waals surface area contributed by atoms with E-state index < -0.39 is 0 Å². The second-order valence-corrected chi connectivity index (χ2v) is 7.87. The highest BCUT2D eigenvalue weighted by atomic mass is 16.5. The summed E-state index contributed by atoms with van der Waals surface area (Å²) >= 11 is 0. The molecule has 3 heterocycles. The highest BCUT2D eigenvalue weighted by Gasteiger charge is 2.12. The number of hydrogen-bond donors (Lipinski definition) is 1. The van der Waals surface area contributed by atoms with Gasteiger partial charge in [0.15, 0.2) is 0 Å². The van der Waals surface area contributed by atoms with E-state index in [1.165, 1.54) is 0 Å². The molecule has 0 unspecified atom stereocenters. The van der Waals surface area contributed by atoms with Crippen LogP contribution in [0.5, 0.6) is 11.6 Å². The van der Waals surface area contributed by atoms with E-state index in [1.807, 2.05) is 39.2 Å². The first-order valence-corrected chi connectivity index (χ1v) is 10.7. The van der Waals surface area contributed by atoms with Crippen molar-refractivity contribution in [1.82, 2.24) is 24.7 Å². The largest absolute Gasteiger partial charge is 0.439 e. The number of amides is 1. The predicted octanol–water partition coefficient (Wildman–Crippen LogP) is 4.56. The van der Waals surface area contributed by atoms with E-state index in [0.717, 1.165) is 28.4 Å². The van der Waals surface area contributed by atoms with E-state index in [9.17, 15) is 4.79 Å². The van der Waals surface area contributed by atoms with E-state index in [1.54, 1.807) is 36.7 Å². The van der Waals surface area contributed by atoms with Crippen molar-refractivity contribution < 1.29 is 14.1 Å². The van der Waals surface area contributed by atoms with Crippen molar-refractivity contribution in [3.8, 4) is 17.4 Å². The summed E-state index contributed by atoms with van der Waals surface area (Å²) in [7, 11) is 0. The van der Waals surface area contributed by atoms with Gasteiger partial charge in [-0.05, 0) is 65.3 Å². The molecule has 1 amide bonds. The fraction of sp³-hybridized carbons (Fsp3) is 0.292. The number of nitrogens with one attached hydrogen (secondary N) is 1. The van der Waals surface area contributed by atoms with Gasteiger partial charge in [0.2, 0.25) is 11.8 Å². The summed E-state index contributed by atoms with van der Waals surface area (Å²) in [6.07, 6.45) is 2.66. The van der Waals surface area contributed by atoms with E-state index >= 15 is 0 Å². The average Bonchev–Trinajstić information content (AvgIpc) is 3.28. The van der Waals surface area contributed by atoms with Gasteiger partial charge in [-0.2, -0.15) is 4.98 Å². The monoisotopic (exact) mass is 446 g/mol. The van der Waals surface area contributed by atoms with Gasteiger partial charge in [0.25, 0.3) is 0 Å². The number of carbonyl (C=O) groups is 1. The molecule has 0 bridgehead atoms. The highest BCUT2D eigenvalue weighted by molar-refractivity contribution is 5.90. The number of hydrogen-bond acceptors (Lipinski definition) is 7. The quantitative estimate of drug-likeness (QED) is 0.443. The summed E-state index contributed by atoms with van der Waals surface area (Å²) in [5.74, 6) is 2.99. The Morgan fingerprint density at radius 1 is 1.06 bits per heavy atom. The topological polar surface area (TPSA) is 108 Å². The van der Waals surface area contributed by atoms with Crippen molar-refractivity contribution in [3.63, 3.8) is 0 Å². The van der Waals surface area contributed by atoms with Crippen LogP contribution in [0.4, 0.5) is 5.69 Å². The number of nitrogens with zero attached hydrogens (tertiary/aromatic N) is 5. The Labute approximate surface area is 191 Å². The van der Waals surface area contributed by atoms with E-state index in [0.29, 0.717) is 41.8 Å². The third-order valence-corrected chi connectivity index (χ3v) is 5.44. The number of benzene rings is 1. The van der Waals surface area contributed by atoms with Crippen LogP contribution in [0.2, 0.25) is 0 Å². The molecule has 1 N–H and O–H groups in total. The van der Waals surface area contributed by atoms with Gasteiger partial charge in [-0.1, -0.05) is 5.16 Å². The molecule has 0 saturated carbocycles. The molecule has 0 spiro atoms. The Morgan fingerprint density at radius 2 is 1.82 bits per heavy atom. The maximum atomic E-state index is 12.3. The van der Waals surface area contributed by atoms with Crippen molar-refractivity contribution >= 4 is 11.6 Å². The van der Waals surface area contributed by atoms with Crippen LogP contribution in [0.3, 0.4) is 0 Å². The first-order chi connectivity index (χ1) is 15.8. The second-order valence-electron chi connectivity index (χ2n) is 7.87. The number of aromatic nitrogens is 5. The number of imidazole rings is 1. The number of anilines is 1. The third-order valence-electron chi connectivity index (χ3n) is 5.44. The summed E-state index contributed by atoms with van der Waals surface area (Å²) in [4.78, 5) is 25.5. The zero-order valence-corrected chi connectivity index (χ0v) is 19.3. The van der Waals surface area contributed by atoms with Crippen molar-refractivity contribution in [2.45, 2.75) is 47.5 Å². The van der Waals surface area contributed by atoms with Crippen LogP contribution in [0.1, 0.15) is 40.7 Å². The van der Waals surface area contributed by atoms with Crippen molar-refractivity contribution in [1.29, 1.82) is 0 Å². The summed E-state index contributed by atoms with van der Waals surface area (Å²) in [5.41, 5.74) is 4.44. The molecule has 4 aromatic rings. The Kier molecular flexibility index (Phi) is 6.21. The first kappa shape index (κ1) is 22.2. The van der Waals surface area contributed by atoms with E-state index in [4.69, 9.17) is 9.26 Å². The van der Waals surface area contributed by atoms with Crippen LogP contribution < -0.4 is 10.1 Å². The Bertz CT molecular complexity index is 1270. The lowest BCUT2D eigenvalue weighted by atomic mass is 10.1. The third kappa shape index (κ3) is 5.08. The smallest absolute Gasteiger partial charge is 0.224 e. The SMILES string of the molecule is Cc1nc(Oc2ccc(NC(=O)CCc3c(C)noc3C)cc2)cc(-n2cnc(C)c2C)n1. The van der Waals surface area contributed by atoms with Crippen LogP contribution in [0.15, 0.2) is 41.2 Å². The lowest BCUT2D eigenvalue weighted by Crippen LogP contribution is -2.12. The standard InChI is InChI=1S/C24H26N6O3/c1-14-16(3)30(13-25-14)22-12-24(27-18(5)26-22)32-20-8-6-19(7-9-20)28-23(31)11-10-21-15(2)29-33-17(21)4/h6-9,12-13H,10-11H2,1-5H3,(H,28,31). The molecule has 9 heteroatoms. The summed E-state index contributed by atoms with van der Waals surface area (Å²) in [6.45, 7) is 9.49. The molecule has 9 nitrogen and oxygen atoms in total. The van der Waals surface area contributed by atoms with Crippen LogP contribution in [0.25, 0.3) is 5.82 Å². The normalized spacial score (nSPS) is 10.9. The lowest BCUT2D eigenvalue weighted by molar-refractivity contribution is -0.116. The number of carbonyl (C=O) groups excluding carboxylic acids is 1. The summed E-state index contributed by atoms with van der Waals surface area (Å²) in [5, 5.41) is 6.82. The maximum absolute atomic E-state index is 12.3. The minimum Gasteiger partial charge on any atom is -0.439 e. The molecule has 1 aromatic carbocycles. The Morgan fingerprint density at radius 3 is 2.45 bits per heavy atom. The molecular weight excluding hydrogens is 420 g/mol. The summed E-state index contributed by atoms with van der Waals surface area (Å²) < 4.78 is 13.0. The Balaban J connectivity index is 1.39. The molecule has 33 heavy (non-hydrogen) atoms. The van der Waals surface area contributed by atoms with Gasteiger partial charge in [0.05, 0.1) is 11.4 Å². The van der Waals surface area contributed by atoms with Gasteiger partial charge < -0.3 is 14.6 Å². The van der Waals surface area contributed by atoms with Crippen molar-refractivity contribution in [2.75, 3.05) is 5.32 Å². The number of aryl methyl sites for hydroxylation is 4. The van der Waals surface area contributed by atoms with Gasteiger partial charge in [0, 0.05) is 29.4 Å². The summed E-state index contributed by atoms with van der Waals surface area (Å²) in [6, 6.07) is 8.93. The minimum absolute atomic E-state index is 0.0780. The molecule has 0 radical (unpaired) electrons. The van der Waals surface area contributed by atoms with Crippen LogP contribution >= 0.6 is 0 Å². The fourth-order valence-corrected chi connectivity index (χ4v) is 3.48. The molecule has 170 valence electrons. The van der Waals surface area contributed by atoms with Gasteiger partial charge in [-0.25, -0.2) is 9.97 Å². The average molecular weight is 447 g/mol. The van der Waals surface area contributed by atoms with E-state index in [2.05, 4.69) is 25.4 Å². The van der Waals surface area contributed by atoms with Gasteiger partial charge in [0.1, 0.15) is 29.5 Å². The van der Waals surface area contributed by atoms with Gasteiger partial charge in [-0.3, -0.25) is 9.36 Å². The zero-order chi connectivity index (χ0) is 23.5. The Hall–Kier alpha value is -4.01. The van der Waals surface area contributed by atoms with Crippen LogP contribution in [0, 0.1) is 34.6 Å². The molecule has 3 aromatic heterocycles. The van der Waals surface area contributed by atoms with Gasteiger partial charge >= 0.3 is 0 Å². The first-order valence-electron chi connectivity index (χ1n) is 10.7.